The summed E-state index contributed by atoms with van der Waals surface area (Å²) in [6.07, 6.45) is 2.09. The van der Waals surface area contributed by atoms with Gasteiger partial charge in [0.25, 0.3) is 5.91 Å². The van der Waals surface area contributed by atoms with E-state index in [2.05, 4.69) is 32.1 Å². The van der Waals surface area contributed by atoms with Crippen LogP contribution in [0.15, 0.2) is 24.3 Å². The van der Waals surface area contributed by atoms with Crippen LogP contribution in [0.5, 0.6) is 5.75 Å². The summed E-state index contributed by atoms with van der Waals surface area (Å²) in [7, 11) is 3.76. The number of amides is 1. The van der Waals surface area contributed by atoms with Gasteiger partial charge in [0, 0.05) is 32.7 Å². The van der Waals surface area contributed by atoms with Gasteiger partial charge in [0.15, 0.2) is 5.82 Å². The summed E-state index contributed by atoms with van der Waals surface area (Å²) in [5, 5.41) is 2.89. The van der Waals surface area contributed by atoms with Gasteiger partial charge in [0.05, 0.1) is 26.4 Å². The summed E-state index contributed by atoms with van der Waals surface area (Å²) < 4.78 is 11.0. The van der Waals surface area contributed by atoms with Gasteiger partial charge < -0.3 is 24.6 Å². The maximum atomic E-state index is 12.5. The first-order valence-corrected chi connectivity index (χ1v) is 10.3. The second-order valence-electron chi connectivity index (χ2n) is 7.25. The smallest absolute Gasteiger partial charge is 0.251 e. The average molecular weight is 415 g/mol. The first-order valence-electron chi connectivity index (χ1n) is 10.3. The van der Waals surface area contributed by atoms with Crippen LogP contribution in [-0.2, 0) is 11.3 Å². The lowest BCUT2D eigenvalue weighted by Gasteiger charge is -2.27. The zero-order valence-corrected chi connectivity index (χ0v) is 17.9. The number of benzene rings is 1. The fraction of sp³-hybridized carbons (Fsp3) is 0.524. The Balaban J connectivity index is 1.63. The number of anilines is 2. The van der Waals surface area contributed by atoms with E-state index in [1.807, 2.05) is 31.1 Å². The van der Waals surface area contributed by atoms with Gasteiger partial charge in [-0.3, -0.25) is 4.79 Å². The molecular formula is C21H30N6O3. The van der Waals surface area contributed by atoms with Crippen LogP contribution in [0.4, 0.5) is 11.9 Å². The molecule has 30 heavy (non-hydrogen) atoms. The van der Waals surface area contributed by atoms with Gasteiger partial charge in [-0.1, -0.05) is 13.3 Å². The number of hydrogen-bond donors (Lipinski definition) is 1. The van der Waals surface area contributed by atoms with Crippen molar-refractivity contribution in [2.75, 3.05) is 56.8 Å². The van der Waals surface area contributed by atoms with E-state index in [9.17, 15) is 4.79 Å². The van der Waals surface area contributed by atoms with Crippen LogP contribution >= 0.6 is 0 Å². The Bertz CT molecular complexity index is 822. The molecule has 0 aliphatic carbocycles. The van der Waals surface area contributed by atoms with Crippen molar-refractivity contribution in [2.24, 2.45) is 0 Å². The van der Waals surface area contributed by atoms with Crippen LogP contribution in [0, 0.1) is 0 Å². The topological polar surface area (TPSA) is 92.7 Å². The number of carbonyl (C=O) groups excluding carboxylic acids is 1. The van der Waals surface area contributed by atoms with E-state index < -0.39 is 0 Å². The van der Waals surface area contributed by atoms with Crippen molar-refractivity contribution in [2.45, 2.75) is 26.3 Å². The average Bonchev–Trinajstić information content (AvgIpc) is 2.78. The molecule has 9 heteroatoms. The standard InChI is InChI=1S/C21H30N6O3/c1-4-5-12-30-17-8-6-16(7-9-17)19(28)22-15-18-23-20(26(2)3)25-21(24-18)27-10-13-29-14-11-27/h6-9H,4-5,10-15H2,1-3H3,(H,22,28). The molecule has 2 aromatic rings. The van der Waals surface area contributed by atoms with Crippen LogP contribution in [-0.4, -0.2) is 67.9 Å². The van der Waals surface area contributed by atoms with E-state index in [-0.39, 0.29) is 12.5 Å². The van der Waals surface area contributed by atoms with Crippen LogP contribution < -0.4 is 19.9 Å². The fourth-order valence-electron chi connectivity index (χ4n) is 2.88. The summed E-state index contributed by atoms with van der Waals surface area (Å²) in [5.41, 5.74) is 0.563. The summed E-state index contributed by atoms with van der Waals surface area (Å²) in [6, 6.07) is 7.14. The number of carbonyl (C=O) groups is 1. The lowest BCUT2D eigenvalue weighted by Crippen LogP contribution is -2.38. The molecule has 3 rings (SSSR count). The molecule has 1 aliphatic heterocycles. The summed E-state index contributed by atoms with van der Waals surface area (Å²) >= 11 is 0. The largest absolute Gasteiger partial charge is 0.494 e. The number of morpholine rings is 1. The van der Waals surface area contributed by atoms with Gasteiger partial charge in [-0.05, 0) is 30.7 Å². The SMILES string of the molecule is CCCCOc1ccc(C(=O)NCc2nc(N(C)C)nc(N3CCOCC3)n2)cc1. The van der Waals surface area contributed by atoms with E-state index in [4.69, 9.17) is 9.47 Å². The van der Waals surface area contributed by atoms with Crippen molar-refractivity contribution < 1.29 is 14.3 Å². The molecule has 1 aromatic heterocycles. The molecule has 1 N–H and O–H groups in total. The third-order valence-corrected chi connectivity index (χ3v) is 4.64. The molecule has 9 nitrogen and oxygen atoms in total. The Hall–Kier alpha value is -2.94. The first-order chi connectivity index (χ1) is 14.6. The van der Waals surface area contributed by atoms with Gasteiger partial charge in [0.2, 0.25) is 11.9 Å². The van der Waals surface area contributed by atoms with Gasteiger partial charge in [-0.15, -0.1) is 0 Å². The summed E-state index contributed by atoms with van der Waals surface area (Å²) in [5.74, 6) is 2.26. The highest BCUT2D eigenvalue weighted by Gasteiger charge is 2.17. The highest BCUT2D eigenvalue weighted by molar-refractivity contribution is 5.94. The minimum atomic E-state index is -0.185. The molecule has 0 atom stereocenters. The van der Waals surface area contributed by atoms with Crippen molar-refractivity contribution in [3.05, 3.63) is 35.7 Å². The highest BCUT2D eigenvalue weighted by Crippen LogP contribution is 2.15. The quantitative estimate of drug-likeness (QED) is 0.622. The van der Waals surface area contributed by atoms with Gasteiger partial charge in [0.1, 0.15) is 5.75 Å². The first kappa shape index (κ1) is 21.8. The maximum Gasteiger partial charge on any atom is 0.251 e. The maximum absolute atomic E-state index is 12.5. The van der Waals surface area contributed by atoms with E-state index in [1.165, 1.54) is 0 Å². The number of rotatable bonds is 9. The highest BCUT2D eigenvalue weighted by atomic mass is 16.5. The number of nitrogens with one attached hydrogen (secondary N) is 1. The number of ether oxygens (including phenoxy) is 2. The van der Waals surface area contributed by atoms with Crippen molar-refractivity contribution >= 4 is 17.8 Å². The van der Waals surface area contributed by atoms with Crippen molar-refractivity contribution in [3.8, 4) is 5.75 Å². The lowest BCUT2D eigenvalue weighted by molar-refractivity contribution is 0.0950. The Morgan fingerprint density at radius 2 is 1.90 bits per heavy atom. The molecule has 1 aliphatic rings. The molecule has 0 unspecified atom stereocenters. The van der Waals surface area contributed by atoms with Crippen LogP contribution in [0.25, 0.3) is 0 Å². The van der Waals surface area contributed by atoms with Crippen molar-refractivity contribution in [1.82, 2.24) is 20.3 Å². The van der Waals surface area contributed by atoms with E-state index in [0.717, 1.165) is 31.7 Å². The predicted octanol–water partition coefficient (Wildman–Crippen LogP) is 1.88. The minimum absolute atomic E-state index is 0.185. The third-order valence-electron chi connectivity index (χ3n) is 4.64. The molecule has 1 fully saturated rings. The minimum Gasteiger partial charge on any atom is -0.494 e. The molecule has 0 bridgehead atoms. The molecule has 0 spiro atoms. The normalized spacial score (nSPS) is 13.8. The molecule has 1 saturated heterocycles. The van der Waals surface area contributed by atoms with Crippen molar-refractivity contribution in [1.29, 1.82) is 0 Å². The molecule has 1 amide bonds. The monoisotopic (exact) mass is 414 g/mol. The van der Waals surface area contributed by atoms with Crippen LogP contribution in [0.1, 0.15) is 35.9 Å². The molecule has 1 aromatic carbocycles. The van der Waals surface area contributed by atoms with Crippen molar-refractivity contribution in [3.63, 3.8) is 0 Å². The molecule has 0 saturated carbocycles. The zero-order valence-electron chi connectivity index (χ0n) is 17.9. The van der Waals surface area contributed by atoms with Gasteiger partial charge in [-0.25, -0.2) is 0 Å². The Morgan fingerprint density at radius 3 is 2.57 bits per heavy atom. The zero-order chi connectivity index (χ0) is 21.3. The Kier molecular flexibility index (Phi) is 7.78. The number of hydrogen-bond acceptors (Lipinski definition) is 8. The summed E-state index contributed by atoms with van der Waals surface area (Å²) in [4.78, 5) is 30.0. The van der Waals surface area contributed by atoms with Crippen LogP contribution in [0.3, 0.4) is 0 Å². The predicted molar refractivity (Wildman–Crippen MR) is 115 cm³/mol. The van der Waals surface area contributed by atoms with E-state index >= 15 is 0 Å². The summed E-state index contributed by atoms with van der Waals surface area (Å²) in [6.45, 7) is 5.77. The van der Waals surface area contributed by atoms with E-state index in [1.54, 1.807) is 12.1 Å². The Labute approximate surface area is 177 Å². The van der Waals surface area contributed by atoms with Gasteiger partial charge in [-0.2, -0.15) is 15.0 Å². The molecule has 2 heterocycles. The van der Waals surface area contributed by atoms with Gasteiger partial charge >= 0.3 is 0 Å². The Morgan fingerprint density at radius 1 is 1.17 bits per heavy atom. The van der Waals surface area contributed by atoms with Crippen LogP contribution in [0.2, 0.25) is 0 Å². The fourth-order valence-corrected chi connectivity index (χ4v) is 2.88. The number of aromatic nitrogens is 3. The molecule has 162 valence electrons. The second kappa shape index (κ2) is 10.7. The second-order valence-corrected chi connectivity index (χ2v) is 7.25. The van der Waals surface area contributed by atoms with E-state index in [0.29, 0.717) is 43.1 Å². The third kappa shape index (κ3) is 6.03. The molecular weight excluding hydrogens is 384 g/mol. The number of nitrogens with zero attached hydrogens (tertiary/aromatic N) is 5. The lowest BCUT2D eigenvalue weighted by atomic mass is 10.2. The molecule has 0 radical (unpaired) electrons. The number of unbranched alkanes of at least 4 members (excludes halogenated alkanes) is 1.